The third kappa shape index (κ3) is 11.1. The first-order chi connectivity index (χ1) is 3.71. The Bertz CT molecular complexity index is 185. The molecule has 58 valence electrons. The first-order valence-electron chi connectivity index (χ1n) is 1.78. The van der Waals surface area contributed by atoms with Crippen molar-refractivity contribution >= 4 is 28.9 Å². The van der Waals surface area contributed by atoms with Crippen LogP contribution in [-0.4, -0.2) is 39.2 Å². The molecule has 0 rings (SSSR count). The van der Waals surface area contributed by atoms with Gasteiger partial charge in [0.1, 0.15) is 0 Å². The van der Waals surface area contributed by atoms with Crippen molar-refractivity contribution in [1.82, 2.24) is 0 Å². The van der Waals surface area contributed by atoms with E-state index in [1.54, 1.807) is 0 Å². The zero-order valence-corrected chi connectivity index (χ0v) is 4.96. The van der Waals surface area contributed by atoms with Crippen LogP contribution in [0.3, 0.4) is 0 Å². The Morgan fingerprint density at radius 3 is 1.60 bits per heavy atom. The van der Waals surface area contributed by atoms with Gasteiger partial charge in [-0.05, 0) is 0 Å². The van der Waals surface area contributed by atoms with Crippen molar-refractivity contribution in [3.63, 3.8) is 0 Å². The van der Waals surface area contributed by atoms with E-state index in [1.165, 1.54) is 0 Å². The van der Waals surface area contributed by atoms with Crippen LogP contribution >= 0.6 is 0 Å². The van der Waals surface area contributed by atoms with Crippen LogP contribution in [0.1, 0.15) is 0 Å². The summed E-state index contributed by atoms with van der Waals surface area (Å²) >= 11 is 0. The molecule has 0 fully saturated rings. The molecule has 2 N–H and O–H groups in total. The summed E-state index contributed by atoms with van der Waals surface area (Å²) in [5.74, 6) is -1.96. The van der Waals surface area contributed by atoms with E-state index in [-0.39, 0.29) is 18.9 Å². The minimum absolute atomic E-state index is 0. The molecule has 0 aromatic rings. The van der Waals surface area contributed by atoms with Gasteiger partial charge in [0.05, 0.1) is 0 Å². The molecule has 0 aromatic heterocycles. The number of halogens is 3. The number of alkyl halides is 3. The van der Waals surface area contributed by atoms with Crippen LogP contribution in [0.15, 0.2) is 0 Å². The Morgan fingerprint density at radius 2 is 1.60 bits per heavy atom. The second-order valence-corrected chi connectivity index (χ2v) is 3.04. The average Bonchev–Trinajstić information content (AvgIpc) is 1.14. The molecule has 0 aliphatic carbocycles. The number of rotatable bonds is 1. The van der Waals surface area contributed by atoms with E-state index in [9.17, 15) is 21.6 Å². The van der Waals surface area contributed by atoms with Gasteiger partial charge >= 0.3 is 25.0 Å². The summed E-state index contributed by atoms with van der Waals surface area (Å²) in [5, 5.41) is 4.07. The standard InChI is InChI=1S/C2H4F3NO2S.Li.H/c3-2(4,5)1-9(6,7)8;;/h1H2,(H2,6,7,8);;. The number of sulfonamides is 1. The molecule has 0 atom stereocenters. The molecular formula is C2H5F3LiNO2S. The Hall–Kier alpha value is 0.297. The molecule has 0 aromatic carbocycles. The van der Waals surface area contributed by atoms with Crippen LogP contribution in [0, 0.1) is 0 Å². The van der Waals surface area contributed by atoms with E-state index in [2.05, 4.69) is 5.14 Å². The monoisotopic (exact) mass is 171 g/mol. The number of hydrogen-bond acceptors (Lipinski definition) is 2. The molecule has 8 heteroatoms. The molecule has 0 unspecified atom stereocenters. The van der Waals surface area contributed by atoms with E-state index in [4.69, 9.17) is 0 Å². The molecule has 0 aliphatic heterocycles. The third-order valence-electron chi connectivity index (χ3n) is 0.365. The Kier molecular flexibility index (Phi) is 4.68. The van der Waals surface area contributed by atoms with Crippen molar-refractivity contribution < 1.29 is 21.6 Å². The number of nitrogens with two attached hydrogens (primary N) is 1. The quantitative estimate of drug-likeness (QED) is 0.524. The van der Waals surface area contributed by atoms with Gasteiger partial charge in [-0.2, -0.15) is 13.2 Å². The maximum atomic E-state index is 11.1. The molecule has 0 bridgehead atoms. The fourth-order valence-corrected chi connectivity index (χ4v) is 0.684. The van der Waals surface area contributed by atoms with Gasteiger partial charge in [-0.15, -0.1) is 0 Å². The summed E-state index contributed by atoms with van der Waals surface area (Å²) in [6.07, 6.45) is -4.73. The topological polar surface area (TPSA) is 60.2 Å². The summed E-state index contributed by atoms with van der Waals surface area (Å²) in [4.78, 5) is 0. The van der Waals surface area contributed by atoms with Crippen molar-refractivity contribution in [3.05, 3.63) is 0 Å². The average molecular weight is 171 g/mol. The van der Waals surface area contributed by atoms with Crippen molar-refractivity contribution in [2.45, 2.75) is 6.18 Å². The number of hydrogen-bond donors (Lipinski definition) is 1. The predicted molar refractivity (Wildman–Crippen MR) is 31.2 cm³/mol. The van der Waals surface area contributed by atoms with Gasteiger partial charge in [0.25, 0.3) is 0 Å². The second-order valence-electron chi connectivity index (χ2n) is 1.42. The van der Waals surface area contributed by atoms with Crippen molar-refractivity contribution in [2.75, 3.05) is 5.75 Å². The van der Waals surface area contributed by atoms with Gasteiger partial charge in [0, 0.05) is 0 Å². The zero-order chi connectivity index (χ0) is 7.71. The van der Waals surface area contributed by atoms with E-state index < -0.39 is 22.0 Å². The van der Waals surface area contributed by atoms with Gasteiger partial charge in [-0.3, -0.25) is 0 Å². The molecule has 0 saturated heterocycles. The number of primary sulfonamides is 1. The fraction of sp³-hybridized carbons (Fsp3) is 1.00. The summed E-state index contributed by atoms with van der Waals surface area (Å²) < 4.78 is 52.7. The van der Waals surface area contributed by atoms with Gasteiger partial charge in [0.15, 0.2) is 5.75 Å². The van der Waals surface area contributed by atoms with Crippen LogP contribution in [0.4, 0.5) is 13.2 Å². The summed E-state index contributed by atoms with van der Waals surface area (Å²) in [5.41, 5.74) is 0. The van der Waals surface area contributed by atoms with Crippen molar-refractivity contribution in [2.24, 2.45) is 5.14 Å². The first-order valence-corrected chi connectivity index (χ1v) is 3.49. The molecule has 0 spiro atoms. The molecule has 0 saturated carbocycles. The van der Waals surface area contributed by atoms with Crippen LogP contribution in [0.2, 0.25) is 0 Å². The maximum absolute atomic E-state index is 11.1. The van der Waals surface area contributed by atoms with Crippen LogP contribution < -0.4 is 5.14 Å². The van der Waals surface area contributed by atoms with E-state index >= 15 is 0 Å². The SMILES string of the molecule is NS(=O)(=O)CC(F)(F)F.[LiH]. The molecule has 0 aliphatic rings. The zero-order valence-electron chi connectivity index (χ0n) is 4.14. The molecule has 3 nitrogen and oxygen atoms in total. The van der Waals surface area contributed by atoms with Gasteiger partial charge < -0.3 is 0 Å². The second kappa shape index (κ2) is 3.62. The normalized spacial score (nSPS) is 12.4. The van der Waals surface area contributed by atoms with Gasteiger partial charge in [-0.1, -0.05) is 0 Å². The van der Waals surface area contributed by atoms with E-state index in [0.29, 0.717) is 0 Å². The van der Waals surface area contributed by atoms with Gasteiger partial charge in [0.2, 0.25) is 10.0 Å². The summed E-state index contributed by atoms with van der Waals surface area (Å²) in [7, 11) is -4.41. The van der Waals surface area contributed by atoms with Crippen molar-refractivity contribution in [3.8, 4) is 0 Å². The summed E-state index contributed by atoms with van der Waals surface area (Å²) in [6.45, 7) is 0. The first kappa shape index (κ1) is 12.9. The molecule has 0 heterocycles. The molecular weight excluding hydrogens is 166 g/mol. The van der Waals surface area contributed by atoms with Crippen molar-refractivity contribution in [1.29, 1.82) is 0 Å². The predicted octanol–water partition coefficient (Wildman–Crippen LogP) is -0.811. The van der Waals surface area contributed by atoms with E-state index in [1.807, 2.05) is 0 Å². The van der Waals surface area contributed by atoms with Gasteiger partial charge in [-0.25, -0.2) is 13.6 Å². The molecule has 0 amide bonds. The minimum atomic E-state index is -4.73. The van der Waals surface area contributed by atoms with Crippen LogP contribution in [0.5, 0.6) is 0 Å². The Morgan fingerprint density at radius 1 is 1.30 bits per heavy atom. The summed E-state index contributed by atoms with van der Waals surface area (Å²) in [6, 6.07) is 0. The third-order valence-corrected chi connectivity index (χ3v) is 1.09. The Labute approximate surface area is 68.0 Å². The van der Waals surface area contributed by atoms with Crippen LogP contribution in [0.25, 0.3) is 0 Å². The fourth-order valence-electron chi connectivity index (χ4n) is 0.228. The Balaban J connectivity index is 0. The van der Waals surface area contributed by atoms with E-state index in [0.717, 1.165) is 0 Å². The molecule has 0 radical (unpaired) electrons. The van der Waals surface area contributed by atoms with Crippen LogP contribution in [-0.2, 0) is 10.0 Å². The molecule has 10 heavy (non-hydrogen) atoms.